The number of nitrogens with zero attached hydrogens (tertiary/aromatic N) is 1. The van der Waals surface area contributed by atoms with Crippen LogP contribution in [0.4, 0.5) is 0 Å². The second-order valence-corrected chi connectivity index (χ2v) is 23.9. The van der Waals surface area contributed by atoms with E-state index in [1.165, 1.54) is 154 Å². The van der Waals surface area contributed by atoms with E-state index in [9.17, 15) is 19.0 Å². The molecule has 0 radical (unpaired) electrons. The van der Waals surface area contributed by atoms with Crippen LogP contribution in [0.2, 0.25) is 0 Å². The summed E-state index contributed by atoms with van der Waals surface area (Å²) in [5.74, 6) is -0.801. The number of carbonyl (C=O) groups is 2. The highest BCUT2D eigenvalue weighted by molar-refractivity contribution is 7.47. The van der Waals surface area contributed by atoms with Crippen LogP contribution in [0.5, 0.6) is 0 Å². The van der Waals surface area contributed by atoms with Crippen molar-refractivity contribution in [2.24, 2.45) is 0 Å². The minimum Gasteiger partial charge on any atom is -0.462 e. The molecule has 10 heteroatoms. The van der Waals surface area contributed by atoms with Crippen molar-refractivity contribution in [2.45, 2.75) is 283 Å². The monoisotopic (exact) mass is 1100 g/mol. The number of esters is 2. The fourth-order valence-electron chi connectivity index (χ4n) is 8.78. The summed E-state index contributed by atoms with van der Waals surface area (Å²) in [6.07, 6.45) is 78.4. The number of carbonyl (C=O) groups excluding carboxylic acids is 2. The molecule has 0 heterocycles. The van der Waals surface area contributed by atoms with Gasteiger partial charge in [0.05, 0.1) is 27.7 Å². The molecule has 2 atom stereocenters. The SMILES string of the molecule is CC/C=C\C/C=C\C/C=C\C/C=C\C/C=C\C/C=C\CCCCCCCCCCCCCCCCCCCCCCCCC(=O)OC(COC(=O)CCCCCCC/C=C\CCCCC)COP(=O)(O)OCC[N+](C)(C)C. The molecule has 0 rings (SSSR count). The summed E-state index contributed by atoms with van der Waals surface area (Å²) < 4.78 is 34.5. The molecule has 0 fully saturated rings. The quantitative estimate of drug-likeness (QED) is 0.0211. The number of quaternary nitrogens is 1. The van der Waals surface area contributed by atoms with Gasteiger partial charge < -0.3 is 18.9 Å². The number of likely N-dealkylation sites (N-methyl/N-ethyl adjacent to an activating group) is 1. The minimum atomic E-state index is -4.38. The topological polar surface area (TPSA) is 108 Å². The van der Waals surface area contributed by atoms with Gasteiger partial charge in [-0.3, -0.25) is 18.6 Å². The lowest BCUT2D eigenvalue weighted by molar-refractivity contribution is -0.870. The molecule has 0 aromatic rings. The fraction of sp³-hybridized carbons (Fsp3) is 0.761. The number of ether oxygens (including phenoxy) is 2. The van der Waals surface area contributed by atoms with E-state index in [1.807, 2.05) is 21.1 Å². The molecular weight excluding hydrogens is 978 g/mol. The Morgan fingerprint density at radius 3 is 1.12 bits per heavy atom. The Morgan fingerprint density at radius 2 is 0.740 bits per heavy atom. The number of unbranched alkanes of at least 4 members (excludes halogenated alkanes) is 30. The van der Waals surface area contributed by atoms with Crippen molar-refractivity contribution in [1.82, 2.24) is 0 Å². The summed E-state index contributed by atoms with van der Waals surface area (Å²) in [6, 6.07) is 0. The lowest BCUT2D eigenvalue weighted by atomic mass is 10.0. The predicted molar refractivity (Wildman–Crippen MR) is 330 cm³/mol. The van der Waals surface area contributed by atoms with E-state index < -0.39 is 26.5 Å². The first-order valence-corrected chi connectivity index (χ1v) is 33.3. The molecule has 9 nitrogen and oxygen atoms in total. The molecule has 0 saturated heterocycles. The van der Waals surface area contributed by atoms with E-state index in [2.05, 4.69) is 98.9 Å². The van der Waals surface area contributed by atoms with E-state index in [0.717, 1.165) is 89.9 Å². The third-order valence-corrected chi connectivity index (χ3v) is 14.6. The van der Waals surface area contributed by atoms with Crippen LogP contribution in [0.25, 0.3) is 0 Å². The van der Waals surface area contributed by atoms with Crippen molar-refractivity contribution >= 4 is 19.8 Å². The molecule has 77 heavy (non-hydrogen) atoms. The number of phosphoric ester groups is 1. The minimum absolute atomic E-state index is 0.0303. The van der Waals surface area contributed by atoms with Gasteiger partial charge in [0.15, 0.2) is 6.10 Å². The maximum absolute atomic E-state index is 12.8. The van der Waals surface area contributed by atoms with E-state index in [4.69, 9.17) is 18.5 Å². The lowest BCUT2D eigenvalue weighted by Gasteiger charge is -2.24. The zero-order chi connectivity index (χ0) is 56.3. The molecule has 2 unspecified atom stereocenters. The summed E-state index contributed by atoms with van der Waals surface area (Å²) in [5.41, 5.74) is 0. The molecule has 0 aliphatic rings. The van der Waals surface area contributed by atoms with E-state index in [-0.39, 0.29) is 32.0 Å². The molecule has 0 aliphatic heterocycles. The smallest absolute Gasteiger partial charge is 0.462 e. The third kappa shape index (κ3) is 62.3. The largest absolute Gasteiger partial charge is 0.472 e. The average Bonchev–Trinajstić information content (AvgIpc) is 3.39. The van der Waals surface area contributed by atoms with Gasteiger partial charge in [0.2, 0.25) is 0 Å². The second kappa shape index (κ2) is 57.9. The lowest BCUT2D eigenvalue weighted by Crippen LogP contribution is -2.37. The molecule has 446 valence electrons. The molecule has 0 aromatic carbocycles. The Balaban J connectivity index is 3.88. The maximum atomic E-state index is 12.8. The number of hydrogen-bond acceptors (Lipinski definition) is 7. The van der Waals surface area contributed by atoms with Gasteiger partial charge >= 0.3 is 19.8 Å². The normalized spacial score (nSPS) is 13.8. The number of hydrogen-bond donors (Lipinski definition) is 1. The van der Waals surface area contributed by atoms with Gasteiger partial charge in [-0.05, 0) is 89.9 Å². The Labute approximate surface area is 475 Å². The van der Waals surface area contributed by atoms with Crippen molar-refractivity contribution in [3.05, 3.63) is 85.1 Å². The van der Waals surface area contributed by atoms with Crippen LogP contribution in [0.3, 0.4) is 0 Å². The van der Waals surface area contributed by atoms with Crippen molar-refractivity contribution < 1.29 is 42.1 Å². The van der Waals surface area contributed by atoms with Gasteiger partial charge in [-0.1, -0.05) is 259 Å². The first kappa shape index (κ1) is 74.2. The third-order valence-electron chi connectivity index (χ3n) is 13.7. The van der Waals surface area contributed by atoms with Crippen LogP contribution < -0.4 is 0 Å². The molecule has 0 amide bonds. The van der Waals surface area contributed by atoms with Gasteiger partial charge in [0.25, 0.3) is 0 Å². The predicted octanol–water partition coefficient (Wildman–Crippen LogP) is 20.2. The van der Waals surface area contributed by atoms with Crippen LogP contribution in [0.1, 0.15) is 277 Å². The summed E-state index contributed by atoms with van der Waals surface area (Å²) in [4.78, 5) is 35.6. The summed E-state index contributed by atoms with van der Waals surface area (Å²) in [7, 11) is 1.48. The molecule has 0 aromatic heterocycles. The Bertz CT molecular complexity index is 1580. The zero-order valence-electron chi connectivity index (χ0n) is 50.7. The maximum Gasteiger partial charge on any atom is 0.472 e. The van der Waals surface area contributed by atoms with Gasteiger partial charge in [-0.15, -0.1) is 0 Å². The van der Waals surface area contributed by atoms with Gasteiger partial charge in [-0.2, -0.15) is 0 Å². The van der Waals surface area contributed by atoms with Crippen LogP contribution in [0.15, 0.2) is 85.1 Å². The van der Waals surface area contributed by atoms with E-state index in [0.29, 0.717) is 17.4 Å². The Kier molecular flexibility index (Phi) is 55.8. The highest BCUT2D eigenvalue weighted by Crippen LogP contribution is 2.43. The highest BCUT2D eigenvalue weighted by Gasteiger charge is 2.27. The summed E-state index contributed by atoms with van der Waals surface area (Å²) in [6.45, 7) is 4.30. The van der Waals surface area contributed by atoms with Crippen molar-refractivity contribution in [3.8, 4) is 0 Å². The van der Waals surface area contributed by atoms with E-state index in [1.54, 1.807) is 0 Å². The number of allylic oxidation sites excluding steroid dienone is 14. The summed E-state index contributed by atoms with van der Waals surface area (Å²) in [5, 5.41) is 0. The van der Waals surface area contributed by atoms with Crippen LogP contribution in [0, 0.1) is 0 Å². The first-order valence-electron chi connectivity index (χ1n) is 31.8. The Morgan fingerprint density at radius 1 is 0.416 bits per heavy atom. The Hall–Kier alpha value is -2.81. The fourth-order valence-corrected chi connectivity index (χ4v) is 9.52. The standard InChI is InChI=1S/C67H120NO8P/c1-6-8-10-12-14-16-18-20-21-22-23-24-25-26-27-28-29-30-31-32-33-34-35-36-37-38-39-40-41-42-43-44-45-46-47-48-50-52-54-56-58-60-67(70)76-65(64-75-77(71,72)74-62-61-68(3,4)5)63-73-66(69)59-57-55-53-51-49-19-17-15-13-11-9-7-2/h8,10,14-17,20-21,23-24,26-27,29-30,65H,6-7,9,11-13,18-19,22,25,28,31-64H2,1-5H3/p+1/b10-8-,16-14-,17-15-,21-20-,24-23-,27-26-,30-29-. The number of rotatable bonds is 58. The first-order chi connectivity index (χ1) is 37.5. The number of phosphoric acid groups is 1. The summed E-state index contributed by atoms with van der Waals surface area (Å²) >= 11 is 0. The van der Waals surface area contributed by atoms with Gasteiger partial charge in [-0.25, -0.2) is 4.57 Å². The van der Waals surface area contributed by atoms with Crippen LogP contribution >= 0.6 is 7.82 Å². The molecule has 1 N–H and O–H groups in total. The zero-order valence-corrected chi connectivity index (χ0v) is 51.6. The molecule has 0 saturated carbocycles. The van der Waals surface area contributed by atoms with Crippen molar-refractivity contribution in [3.63, 3.8) is 0 Å². The molecular formula is C67H121NO8P+. The van der Waals surface area contributed by atoms with Crippen molar-refractivity contribution in [1.29, 1.82) is 0 Å². The molecule has 0 spiro atoms. The van der Waals surface area contributed by atoms with Gasteiger partial charge in [0.1, 0.15) is 19.8 Å². The average molecular weight is 1100 g/mol. The second-order valence-electron chi connectivity index (χ2n) is 22.4. The van der Waals surface area contributed by atoms with E-state index >= 15 is 0 Å². The molecule has 0 aliphatic carbocycles. The van der Waals surface area contributed by atoms with Crippen molar-refractivity contribution in [2.75, 3.05) is 47.5 Å². The highest BCUT2D eigenvalue weighted by atomic mass is 31.2. The molecule has 0 bridgehead atoms. The van der Waals surface area contributed by atoms with Crippen LogP contribution in [-0.2, 0) is 32.7 Å². The van der Waals surface area contributed by atoms with Crippen LogP contribution in [-0.4, -0.2) is 74.9 Å². The van der Waals surface area contributed by atoms with Gasteiger partial charge in [0, 0.05) is 12.8 Å².